The molecule has 0 amide bonds. The molecular weight excluding hydrogens is 537 g/mol. The number of imidazole rings is 1. The summed E-state index contributed by atoms with van der Waals surface area (Å²) < 4.78 is 51.6. The normalized spacial score (nSPS) is 13.3. The van der Waals surface area contributed by atoms with Crippen LogP contribution in [0.1, 0.15) is 22.5 Å². The van der Waals surface area contributed by atoms with Crippen molar-refractivity contribution in [3.05, 3.63) is 89.0 Å². The van der Waals surface area contributed by atoms with Gasteiger partial charge in [0.25, 0.3) is 0 Å². The van der Waals surface area contributed by atoms with Gasteiger partial charge in [0.1, 0.15) is 5.69 Å². The van der Waals surface area contributed by atoms with Gasteiger partial charge in [-0.1, -0.05) is 23.7 Å². The number of aromatic nitrogens is 6. The van der Waals surface area contributed by atoms with Gasteiger partial charge in [-0.2, -0.15) is 13.2 Å². The number of aliphatic hydroxyl groups is 1. The lowest BCUT2D eigenvalue weighted by atomic mass is 9.83. The third kappa shape index (κ3) is 4.51. The summed E-state index contributed by atoms with van der Waals surface area (Å²) in [6.07, 6.45) is 2.27. The maximum Gasteiger partial charge on any atom is 0.433 e. The van der Waals surface area contributed by atoms with Crippen molar-refractivity contribution in [3.8, 4) is 23.0 Å². The van der Waals surface area contributed by atoms with E-state index in [1.165, 1.54) is 45.2 Å². The zero-order chi connectivity index (χ0) is 27.9. The Morgan fingerprint density at radius 3 is 2.21 bits per heavy atom. The van der Waals surface area contributed by atoms with Gasteiger partial charge in [-0.25, -0.2) is 19.9 Å². The molecule has 0 aliphatic rings. The quantitative estimate of drug-likeness (QED) is 0.318. The Balaban J connectivity index is 1.73. The molecule has 0 spiro atoms. The molecule has 5 rings (SSSR count). The standard InChI is InChI=1S/C26H20ClF3N6O3/c1-36-13-31-12-20(36)25(37,16-5-7-19(32-11-16)26(28,29)30)15-4-6-18-17(8-15)22(27)21(23(35-18)38-2)14-9-33-24(39-3)34-10-14/h4-13,37H,1-3H3. The smallest absolute Gasteiger partial charge is 0.433 e. The van der Waals surface area contributed by atoms with E-state index < -0.39 is 17.5 Å². The number of benzene rings is 1. The summed E-state index contributed by atoms with van der Waals surface area (Å²) >= 11 is 6.89. The Kier molecular flexibility index (Phi) is 6.60. The molecule has 200 valence electrons. The van der Waals surface area contributed by atoms with E-state index in [-0.39, 0.29) is 22.5 Å². The van der Waals surface area contributed by atoms with E-state index in [9.17, 15) is 18.3 Å². The highest BCUT2D eigenvalue weighted by atomic mass is 35.5. The van der Waals surface area contributed by atoms with Crippen molar-refractivity contribution in [2.45, 2.75) is 11.8 Å². The number of fused-ring (bicyclic) bond motifs is 1. The predicted molar refractivity (Wildman–Crippen MR) is 135 cm³/mol. The van der Waals surface area contributed by atoms with Gasteiger partial charge < -0.3 is 19.1 Å². The summed E-state index contributed by atoms with van der Waals surface area (Å²) in [5, 5.41) is 12.9. The lowest BCUT2D eigenvalue weighted by molar-refractivity contribution is -0.141. The van der Waals surface area contributed by atoms with Crippen molar-refractivity contribution < 1.29 is 27.8 Å². The van der Waals surface area contributed by atoms with Crippen LogP contribution in [-0.4, -0.2) is 48.8 Å². The summed E-state index contributed by atoms with van der Waals surface area (Å²) in [5.74, 6) is 0.225. The second kappa shape index (κ2) is 9.79. The van der Waals surface area contributed by atoms with E-state index >= 15 is 0 Å². The fraction of sp³-hybridized carbons (Fsp3) is 0.192. The van der Waals surface area contributed by atoms with E-state index in [4.69, 9.17) is 21.1 Å². The van der Waals surface area contributed by atoms with E-state index in [0.29, 0.717) is 33.3 Å². The SMILES string of the molecule is COc1ncc(-c2c(OC)nc3ccc(C(O)(c4ccc(C(F)(F)F)nc4)c4cncn4C)cc3c2Cl)cn1. The average molecular weight is 557 g/mol. The maximum absolute atomic E-state index is 13.2. The average Bonchev–Trinajstić information content (AvgIpc) is 3.38. The number of hydrogen-bond donors (Lipinski definition) is 1. The Labute approximate surface area is 224 Å². The zero-order valence-electron chi connectivity index (χ0n) is 20.7. The first-order valence-corrected chi connectivity index (χ1v) is 11.7. The first-order valence-electron chi connectivity index (χ1n) is 11.3. The topological polar surface area (TPSA) is 108 Å². The van der Waals surface area contributed by atoms with Gasteiger partial charge in [-0.3, -0.25) is 4.98 Å². The zero-order valence-corrected chi connectivity index (χ0v) is 21.5. The molecular formula is C26H20ClF3N6O3. The van der Waals surface area contributed by atoms with E-state index in [1.807, 2.05) is 0 Å². The lowest BCUT2D eigenvalue weighted by Gasteiger charge is -2.30. The monoisotopic (exact) mass is 556 g/mol. The number of pyridine rings is 2. The summed E-state index contributed by atoms with van der Waals surface area (Å²) in [6, 6.07) is 7.01. The van der Waals surface area contributed by atoms with Crippen molar-refractivity contribution in [1.29, 1.82) is 0 Å². The van der Waals surface area contributed by atoms with Gasteiger partial charge in [0.15, 0.2) is 5.60 Å². The van der Waals surface area contributed by atoms with Crippen molar-refractivity contribution in [2.75, 3.05) is 14.2 Å². The summed E-state index contributed by atoms with van der Waals surface area (Å²) in [5.41, 5.74) is -0.962. The minimum Gasteiger partial charge on any atom is -0.480 e. The molecule has 0 radical (unpaired) electrons. The van der Waals surface area contributed by atoms with Crippen LogP contribution in [0.5, 0.6) is 11.9 Å². The molecule has 13 heteroatoms. The van der Waals surface area contributed by atoms with Crippen LogP contribution in [0.15, 0.2) is 61.4 Å². The highest BCUT2D eigenvalue weighted by molar-refractivity contribution is 6.38. The second-order valence-electron chi connectivity index (χ2n) is 8.53. The molecule has 1 aromatic carbocycles. The highest BCUT2D eigenvalue weighted by Crippen LogP contribution is 2.43. The van der Waals surface area contributed by atoms with Crippen molar-refractivity contribution in [1.82, 2.24) is 29.5 Å². The molecule has 0 fully saturated rings. The largest absolute Gasteiger partial charge is 0.480 e. The van der Waals surface area contributed by atoms with Crippen LogP contribution in [0.2, 0.25) is 5.02 Å². The number of alkyl halides is 3. The second-order valence-corrected chi connectivity index (χ2v) is 8.91. The maximum atomic E-state index is 13.2. The van der Waals surface area contributed by atoms with Crippen LogP contribution >= 0.6 is 11.6 Å². The van der Waals surface area contributed by atoms with Gasteiger partial charge in [0.2, 0.25) is 5.88 Å². The molecule has 1 unspecified atom stereocenters. The minimum absolute atomic E-state index is 0.0971. The molecule has 0 aliphatic heterocycles. The number of hydrogen-bond acceptors (Lipinski definition) is 8. The van der Waals surface area contributed by atoms with E-state index in [1.54, 1.807) is 29.8 Å². The van der Waals surface area contributed by atoms with E-state index in [0.717, 1.165) is 12.3 Å². The van der Waals surface area contributed by atoms with Gasteiger partial charge >= 0.3 is 12.2 Å². The van der Waals surface area contributed by atoms with Gasteiger partial charge in [-0.15, -0.1) is 0 Å². The Morgan fingerprint density at radius 2 is 1.64 bits per heavy atom. The first kappa shape index (κ1) is 26.3. The molecule has 0 saturated carbocycles. The number of methoxy groups -OCH3 is 2. The Hall–Kier alpha value is -4.29. The van der Waals surface area contributed by atoms with Gasteiger partial charge in [-0.05, 0) is 23.8 Å². The van der Waals surface area contributed by atoms with Crippen LogP contribution in [0.4, 0.5) is 13.2 Å². The fourth-order valence-electron chi connectivity index (χ4n) is 4.32. The summed E-state index contributed by atoms with van der Waals surface area (Å²) in [6.45, 7) is 0. The van der Waals surface area contributed by atoms with E-state index in [2.05, 4.69) is 24.9 Å². The molecule has 4 aromatic heterocycles. The number of nitrogens with zero attached hydrogens (tertiary/aromatic N) is 6. The molecule has 9 nitrogen and oxygen atoms in total. The molecule has 0 bridgehead atoms. The summed E-state index contributed by atoms with van der Waals surface area (Å²) in [4.78, 5) is 20.5. The van der Waals surface area contributed by atoms with Crippen LogP contribution in [0.25, 0.3) is 22.0 Å². The van der Waals surface area contributed by atoms with Crippen molar-refractivity contribution in [3.63, 3.8) is 0 Å². The minimum atomic E-state index is -4.63. The molecule has 1 atom stereocenters. The molecule has 1 N–H and O–H groups in total. The Morgan fingerprint density at radius 1 is 0.923 bits per heavy atom. The molecule has 5 aromatic rings. The molecule has 0 saturated heterocycles. The van der Waals surface area contributed by atoms with Crippen LogP contribution < -0.4 is 9.47 Å². The number of ether oxygens (including phenoxy) is 2. The van der Waals surface area contributed by atoms with Crippen LogP contribution in [0.3, 0.4) is 0 Å². The predicted octanol–water partition coefficient (Wildman–Crippen LogP) is 4.79. The third-order valence-corrected chi connectivity index (χ3v) is 6.65. The highest BCUT2D eigenvalue weighted by Gasteiger charge is 2.39. The first-order chi connectivity index (χ1) is 18.6. The van der Waals surface area contributed by atoms with Gasteiger partial charge in [0, 0.05) is 42.2 Å². The fourth-order valence-corrected chi connectivity index (χ4v) is 4.66. The number of halogens is 4. The molecule has 4 heterocycles. The summed E-state index contributed by atoms with van der Waals surface area (Å²) in [7, 11) is 4.55. The Bertz CT molecular complexity index is 1660. The lowest BCUT2D eigenvalue weighted by Crippen LogP contribution is -2.31. The van der Waals surface area contributed by atoms with Gasteiger partial charge in [0.05, 0.1) is 48.5 Å². The van der Waals surface area contributed by atoms with Crippen LogP contribution in [0, 0.1) is 0 Å². The number of rotatable bonds is 6. The van der Waals surface area contributed by atoms with Crippen molar-refractivity contribution >= 4 is 22.5 Å². The molecule has 39 heavy (non-hydrogen) atoms. The number of aryl methyl sites for hydroxylation is 1. The third-order valence-electron chi connectivity index (χ3n) is 6.26. The van der Waals surface area contributed by atoms with Crippen molar-refractivity contribution in [2.24, 2.45) is 7.05 Å². The van der Waals surface area contributed by atoms with Crippen LogP contribution in [-0.2, 0) is 18.8 Å². The molecule has 0 aliphatic carbocycles.